The molecule has 4 aliphatic carbocycles. The summed E-state index contributed by atoms with van der Waals surface area (Å²) in [6.45, 7) is 9.25. The molecule has 9 atom stereocenters. The van der Waals surface area contributed by atoms with Gasteiger partial charge in [-0.15, -0.1) is 12.3 Å². The summed E-state index contributed by atoms with van der Waals surface area (Å²) in [4.78, 5) is 13.7. The van der Waals surface area contributed by atoms with Gasteiger partial charge in [0.2, 0.25) is 0 Å². The fraction of sp³-hybridized carbons (Fsp3) is 0.815. The summed E-state index contributed by atoms with van der Waals surface area (Å²) in [6, 6.07) is 0. The van der Waals surface area contributed by atoms with E-state index in [1.165, 1.54) is 0 Å². The number of ether oxygens (including phenoxy) is 2. The average molecular weight is 443 g/mol. The fourth-order valence-electron chi connectivity index (χ4n) is 8.76. The summed E-state index contributed by atoms with van der Waals surface area (Å²) in [5.41, 5.74) is -1.00. The van der Waals surface area contributed by atoms with Crippen molar-refractivity contribution in [2.24, 2.45) is 34.0 Å². The van der Waals surface area contributed by atoms with E-state index in [4.69, 9.17) is 15.9 Å². The maximum absolute atomic E-state index is 13.7. The number of rotatable bonds is 6. The second-order valence-electron chi connectivity index (χ2n) is 11.7. The van der Waals surface area contributed by atoms with Gasteiger partial charge in [-0.2, -0.15) is 0 Å². The Hall–Kier alpha value is -1.19. The minimum absolute atomic E-state index is 0.0659. The van der Waals surface area contributed by atoms with E-state index >= 15 is 0 Å². The largest absolute Gasteiger partial charge is 0.393 e. The zero-order chi connectivity index (χ0) is 22.9. The molecule has 0 aromatic rings. The number of hydrogen-bond donors (Lipinski definition) is 2. The third kappa shape index (κ3) is 2.70. The van der Waals surface area contributed by atoms with Crippen LogP contribution >= 0.6 is 0 Å². The van der Waals surface area contributed by atoms with Crippen LogP contribution in [0.25, 0.3) is 0 Å². The van der Waals surface area contributed by atoms with Crippen molar-refractivity contribution >= 4 is 5.78 Å². The minimum Gasteiger partial charge on any atom is -0.393 e. The molecule has 2 heterocycles. The Labute approximate surface area is 191 Å². The van der Waals surface area contributed by atoms with Gasteiger partial charge in [-0.3, -0.25) is 4.79 Å². The fourth-order valence-corrected chi connectivity index (χ4v) is 8.76. The predicted octanol–water partition coefficient (Wildman–Crippen LogP) is 3.62. The Balaban J connectivity index is 1.52. The van der Waals surface area contributed by atoms with E-state index in [-0.39, 0.29) is 29.0 Å². The number of ketones is 1. The highest BCUT2D eigenvalue weighted by molar-refractivity contribution is 6.04. The van der Waals surface area contributed by atoms with E-state index < -0.39 is 35.4 Å². The molecular formula is C27H38O5. The standard InChI is InChI=1S/C27H38O5/c1-5-6-7-8-9-13-31-24-26-12-10-11-25(3,4)19(26)15-20(32-24)27-21(26)18(28)14-17(23(27)30)16(2)22(27)29/h1,17-21,23-24,28,30H,2,6-15H2,3-4H3/t17-,18-,19+,20+,21-,23+,24+,26-,27+/m0/s1. The highest BCUT2D eigenvalue weighted by Gasteiger charge is 2.81. The van der Waals surface area contributed by atoms with Gasteiger partial charge in [0.15, 0.2) is 12.1 Å². The van der Waals surface area contributed by atoms with Gasteiger partial charge in [0, 0.05) is 30.3 Å². The summed E-state index contributed by atoms with van der Waals surface area (Å²) in [7, 11) is 0. The number of Topliss-reactive ketones (excluding diaryl/α,β-unsaturated/α-hetero) is 1. The molecular weight excluding hydrogens is 404 g/mol. The Morgan fingerprint density at radius 3 is 2.75 bits per heavy atom. The SMILES string of the molecule is C#CCCCCCO[C@@H]1O[C@@H]2C[C@@H]3C(C)(C)CCC[C@]13[C@@H]1[C@@H](O)C[C@H]3C(=C)C(=O)[C@@]21[C@@H]3O. The van der Waals surface area contributed by atoms with Crippen molar-refractivity contribution < 1.29 is 24.5 Å². The summed E-state index contributed by atoms with van der Waals surface area (Å²) >= 11 is 0. The van der Waals surface area contributed by atoms with E-state index in [0.29, 0.717) is 18.6 Å². The van der Waals surface area contributed by atoms with Crippen LogP contribution in [0.5, 0.6) is 0 Å². The molecule has 6 rings (SSSR count). The van der Waals surface area contributed by atoms with Crippen LogP contribution in [0.15, 0.2) is 12.2 Å². The van der Waals surface area contributed by atoms with Crippen molar-refractivity contribution in [2.45, 2.75) is 96.2 Å². The third-order valence-corrected chi connectivity index (χ3v) is 9.94. The van der Waals surface area contributed by atoms with E-state index in [1.54, 1.807) is 0 Å². The van der Waals surface area contributed by atoms with E-state index in [0.717, 1.165) is 51.4 Å². The maximum atomic E-state index is 13.7. The molecule has 0 aromatic carbocycles. The molecule has 4 bridgehead atoms. The summed E-state index contributed by atoms with van der Waals surface area (Å²) < 4.78 is 13.1. The number of terminal acetylenes is 1. The van der Waals surface area contributed by atoms with Crippen molar-refractivity contribution in [3.63, 3.8) is 0 Å². The summed E-state index contributed by atoms with van der Waals surface area (Å²) in [5.74, 6) is 2.18. The summed E-state index contributed by atoms with van der Waals surface area (Å²) in [6.07, 6.45) is 10.8. The first-order valence-electron chi connectivity index (χ1n) is 12.5. The number of unbranched alkanes of at least 4 members (excludes halogenated alkanes) is 3. The first-order valence-corrected chi connectivity index (χ1v) is 12.5. The lowest BCUT2D eigenvalue weighted by Gasteiger charge is -2.72. The first-order chi connectivity index (χ1) is 15.2. The lowest BCUT2D eigenvalue weighted by atomic mass is 9.37. The van der Waals surface area contributed by atoms with Gasteiger partial charge in [-0.05, 0) is 55.4 Å². The molecule has 4 saturated carbocycles. The van der Waals surface area contributed by atoms with Gasteiger partial charge >= 0.3 is 0 Å². The number of fused-ring (bicyclic) bond motifs is 2. The van der Waals surface area contributed by atoms with Gasteiger partial charge in [0.25, 0.3) is 0 Å². The van der Waals surface area contributed by atoms with Crippen molar-refractivity contribution in [3.05, 3.63) is 12.2 Å². The smallest absolute Gasteiger partial charge is 0.170 e. The van der Waals surface area contributed by atoms with Crippen molar-refractivity contribution in [1.29, 1.82) is 0 Å². The van der Waals surface area contributed by atoms with Crippen LogP contribution in [0.2, 0.25) is 0 Å². The first kappa shape index (κ1) is 22.6. The van der Waals surface area contributed by atoms with Gasteiger partial charge < -0.3 is 19.7 Å². The highest BCUT2D eigenvalue weighted by Crippen LogP contribution is 2.75. The van der Waals surface area contributed by atoms with Crippen molar-refractivity contribution in [2.75, 3.05) is 6.61 Å². The monoisotopic (exact) mass is 442 g/mol. The molecule has 2 spiro atoms. The highest BCUT2D eigenvalue weighted by atomic mass is 16.7. The third-order valence-electron chi connectivity index (χ3n) is 9.94. The van der Waals surface area contributed by atoms with Gasteiger partial charge in [0.05, 0.1) is 23.7 Å². The lowest BCUT2D eigenvalue weighted by molar-refractivity contribution is -0.402. The van der Waals surface area contributed by atoms with Gasteiger partial charge in [-0.25, -0.2) is 0 Å². The normalized spacial score (nSPS) is 48.3. The second kappa shape index (κ2) is 7.67. The Bertz CT molecular complexity index is 841. The number of carbonyl (C=O) groups is 1. The number of carbonyl (C=O) groups excluding carboxylic acids is 1. The molecule has 5 nitrogen and oxygen atoms in total. The van der Waals surface area contributed by atoms with E-state index in [2.05, 4.69) is 26.3 Å². The predicted molar refractivity (Wildman–Crippen MR) is 120 cm³/mol. The van der Waals surface area contributed by atoms with Crippen molar-refractivity contribution in [1.82, 2.24) is 0 Å². The number of aliphatic hydroxyl groups excluding tert-OH is 2. The van der Waals surface area contributed by atoms with Crippen LogP contribution in [-0.2, 0) is 14.3 Å². The van der Waals surface area contributed by atoms with E-state index in [9.17, 15) is 15.0 Å². The van der Waals surface area contributed by atoms with Crippen molar-refractivity contribution in [3.8, 4) is 12.3 Å². The van der Waals surface area contributed by atoms with Gasteiger partial charge in [-0.1, -0.05) is 33.3 Å². The Kier molecular flexibility index (Phi) is 5.41. The van der Waals surface area contributed by atoms with Gasteiger partial charge in [0.1, 0.15) is 0 Å². The molecule has 6 fully saturated rings. The Morgan fingerprint density at radius 1 is 1.22 bits per heavy atom. The lowest BCUT2D eigenvalue weighted by Crippen LogP contribution is -2.78. The van der Waals surface area contributed by atoms with Crippen LogP contribution in [0.4, 0.5) is 0 Å². The molecule has 176 valence electrons. The molecule has 2 aliphatic heterocycles. The molecule has 6 aliphatic rings. The zero-order valence-corrected chi connectivity index (χ0v) is 19.5. The molecule has 0 radical (unpaired) electrons. The molecule has 32 heavy (non-hydrogen) atoms. The average Bonchev–Trinajstić information content (AvgIpc) is 2.86. The van der Waals surface area contributed by atoms with Crippen LogP contribution in [0.1, 0.15) is 71.6 Å². The van der Waals surface area contributed by atoms with Crippen LogP contribution < -0.4 is 0 Å². The molecule has 2 N–H and O–H groups in total. The molecule has 2 saturated heterocycles. The minimum atomic E-state index is -1.07. The van der Waals surface area contributed by atoms with Crippen LogP contribution in [0.3, 0.4) is 0 Å². The number of aliphatic hydroxyl groups is 2. The molecule has 0 amide bonds. The molecule has 0 aromatic heterocycles. The molecule has 5 heteroatoms. The zero-order valence-electron chi connectivity index (χ0n) is 19.5. The topological polar surface area (TPSA) is 76.0 Å². The quantitative estimate of drug-likeness (QED) is 0.373. The van der Waals surface area contributed by atoms with E-state index in [1.807, 2.05) is 0 Å². The summed E-state index contributed by atoms with van der Waals surface area (Å²) in [5, 5.41) is 23.0. The van der Waals surface area contributed by atoms with Crippen LogP contribution in [-0.4, -0.2) is 47.2 Å². The maximum Gasteiger partial charge on any atom is 0.170 e. The molecule has 0 unspecified atom stereocenters. The van der Waals surface area contributed by atoms with Crippen LogP contribution in [0, 0.1) is 46.3 Å². The second-order valence-corrected chi connectivity index (χ2v) is 11.7. The number of hydrogen-bond acceptors (Lipinski definition) is 5. The Morgan fingerprint density at radius 2 is 2.00 bits per heavy atom.